The van der Waals surface area contributed by atoms with Crippen LogP contribution in [0.4, 0.5) is 13.9 Å². The summed E-state index contributed by atoms with van der Waals surface area (Å²) in [5.74, 6) is -1.52. The van der Waals surface area contributed by atoms with Crippen LogP contribution in [0.2, 0.25) is 5.15 Å². The number of thioether (sulfide) groups is 1. The second kappa shape index (κ2) is 6.31. The molecule has 1 aromatic carbocycles. The van der Waals surface area contributed by atoms with E-state index in [9.17, 15) is 8.78 Å². The average molecular weight is 359 g/mol. The molecule has 9 heteroatoms. The van der Waals surface area contributed by atoms with E-state index in [4.69, 9.17) is 11.6 Å². The molecule has 2 aromatic heterocycles. The Bertz CT molecular complexity index is 840. The van der Waals surface area contributed by atoms with Crippen LogP contribution in [0, 0.1) is 11.6 Å². The van der Waals surface area contributed by atoms with Gasteiger partial charge in [0.05, 0.1) is 0 Å². The fourth-order valence-corrected chi connectivity index (χ4v) is 3.63. The molecule has 0 bridgehead atoms. The summed E-state index contributed by atoms with van der Waals surface area (Å²) < 4.78 is 27.5. The van der Waals surface area contributed by atoms with Crippen LogP contribution in [0.5, 0.6) is 0 Å². The van der Waals surface area contributed by atoms with Gasteiger partial charge in [-0.2, -0.15) is 4.98 Å². The molecule has 3 aromatic rings. The topological polar surface area (TPSA) is 50.7 Å². The molecule has 114 valence electrons. The molecule has 0 unspecified atom stereocenters. The van der Waals surface area contributed by atoms with Gasteiger partial charge in [-0.15, -0.1) is 0 Å². The lowest BCUT2D eigenvalue weighted by Gasteiger charge is -2.03. The first-order valence-corrected chi connectivity index (χ1v) is 8.34. The molecule has 0 saturated heterocycles. The van der Waals surface area contributed by atoms with E-state index in [-0.39, 0.29) is 11.3 Å². The largest absolute Gasteiger partial charge is 0.365 e. The lowest BCUT2D eigenvalue weighted by Crippen LogP contribution is -1.94. The summed E-state index contributed by atoms with van der Waals surface area (Å²) in [6, 6.07) is 4.07. The first-order valence-electron chi connectivity index (χ1n) is 6.16. The highest BCUT2D eigenvalue weighted by Crippen LogP contribution is 2.32. The summed E-state index contributed by atoms with van der Waals surface area (Å²) >= 11 is 8.64. The molecule has 0 amide bonds. The van der Waals surface area contributed by atoms with E-state index in [1.807, 2.05) is 0 Å². The molecule has 0 aliphatic rings. The van der Waals surface area contributed by atoms with Gasteiger partial charge >= 0.3 is 0 Å². The molecule has 0 aliphatic heterocycles. The third-order valence-corrected chi connectivity index (χ3v) is 5.14. The summed E-state index contributed by atoms with van der Waals surface area (Å²) in [5.41, 5.74) is 0.732. The molecule has 2 heterocycles. The van der Waals surface area contributed by atoms with Crippen molar-refractivity contribution in [2.75, 3.05) is 12.4 Å². The van der Waals surface area contributed by atoms with Gasteiger partial charge in [-0.05, 0) is 6.07 Å². The molecule has 0 aliphatic carbocycles. The van der Waals surface area contributed by atoms with E-state index in [0.29, 0.717) is 25.8 Å². The zero-order valence-electron chi connectivity index (χ0n) is 11.2. The van der Waals surface area contributed by atoms with Crippen LogP contribution < -0.4 is 5.32 Å². The number of halogens is 3. The van der Waals surface area contributed by atoms with Gasteiger partial charge in [0, 0.05) is 18.4 Å². The molecule has 0 saturated carbocycles. The van der Waals surface area contributed by atoms with Crippen molar-refractivity contribution < 1.29 is 8.78 Å². The molecule has 0 radical (unpaired) electrons. The van der Waals surface area contributed by atoms with Crippen molar-refractivity contribution in [2.24, 2.45) is 0 Å². The number of thiazole rings is 1. The predicted octanol–water partition coefficient (Wildman–Crippen LogP) is 4.35. The first-order chi connectivity index (χ1) is 10.6. The Balaban J connectivity index is 1.86. The van der Waals surface area contributed by atoms with E-state index >= 15 is 0 Å². The van der Waals surface area contributed by atoms with Crippen LogP contribution >= 0.6 is 34.7 Å². The Morgan fingerprint density at radius 1 is 1.27 bits per heavy atom. The van der Waals surface area contributed by atoms with E-state index in [1.165, 1.54) is 35.2 Å². The van der Waals surface area contributed by atoms with Crippen molar-refractivity contribution in [1.82, 2.24) is 15.0 Å². The van der Waals surface area contributed by atoms with E-state index in [0.717, 1.165) is 6.07 Å². The zero-order chi connectivity index (χ0) is 15.7. The minimum atomic E-state index is -0.870. The van der Waals surface area contributed by atoms with Crippen LogP contribution in [-0.2, 0) is 5.75 Å². The Hall–Kier alpha value is -1.51. The van der Waals surface area contributed by atoms with E-state index in [2.05, 4.69) is 20.3 Å². The normalized spacial score (nSPS) is 11.1. The van der Waals surface area contributed by atoms with Gasteiger partial charge in [-0.25, -0.2) is 18.7 Å². The van der Waals surface area contributed by atoms with Gasteiger partial charge in [0.1, 0.15) is 4.70 Å². The van der Waals surface area contributed by atoms with Crippen molar-refractivity contribution in [3.63, 3.8) is 0 Å². The molecule has 0 atom stereocenters. The number of hydrogen-bond donors (Lipinski definition) is 1. The zero-order valence-corrected chi connectivity index (χ0v) is 13.6. The quantitative estimate of drug-likeness (QED) is 0.427. The summed E-state index contributed by atoms with van der Waals surface area (Å²) in [6.07, 6.45) is 0. The number of hydrogen-bond acceptors (Lipinski definition) is 6. The third kappa shape index (κ3) is 2.99. The smallest absolute Gasteiger partial charge is 0.191 e. The molecular formula is C13H9ClF2N4S2. The lowest BCUT2D eigenvalue weighted by molar-refractivity contribution is 0.502. The van der Waals surface area contributed by atoms with Crippen molar-refractivity contribution in [3.05, 3.63) is 40.6 Å². The van der Waals surface area contributed by atoms with Gasteiger partial charge in [-0.1, -0.05) is 46.8 Å². The lowest BCUT2D eigenvalue weighted by atomic mass is 10.2. The van der Waals surface area contributed by atoms with Crippen molar-refractivity contribution in [1.29, 1.82) is 0 Å². The van der Waals surface area contributed by atoms with Gasteiger partial charge in [0.15, 0.2) is 32.7 Å². The highest BCUT2D eigenvalue weighted by atomic mass is 35.5. The molecule has 1 N–H and O–H groups in total. The molecule has 22 heavy (non-hydrogen) atoms. The monoisotopic (exact) mass is 358 g/mol. The van der Waals surface area contributed by atoms with Crippen LogP contribution in [0.3, 0.4) is 0 Å². The summed E-state index contributed by atoms with van der Waals surface area (Å²) in [6.45, 7) is 0. The van der Waals surface area contributed by atoms with Gasteiger partial charge in [-0.3, -0.25) is 0 Å². The molecule has 0 spiro atoms. The Labute approximate surface area is 138 Å². The first kappa shape index (κ1) is 15.4. The Kier molecular flexibility index (Phi) is 4.42. The fraction of sp³-hybridized carbons (Fsp3) is 0.154. The van der Waals surface area contributed by atoms with Crippen molar-refractivity contribution >= 4 is 50.2 Å². The minimum absolute atomic E-state index is 0.203. The molecular weight excluding hydrogens is 350 g/mol. The predicted molar refractivity (Wildman–Crippen MR) is 85.7 cm³/mol. The Morgan fingerprint density at radius 3 is 2.86 bits per heavy atom. The van der Waals surface area contributed by atoms with E-state index < -0.39 is 11.6 Å². The molecule has 4 nitrogen and oxygen atoms in total. The average Bonchev–Trinajstić information content (AvgIpc) is 2.92. The highest BCUT2D eigenvalue weighted by molar-refractivity contribution is 7.98. The van der Waals surface area contributed by atoms with Crippen LogP contribution in [0.1, 0.15) is 5.56 Å². The second-order valence-corrected chi connectivity index (χ2v) is 6.52. The van der Waals surface area contributed by atoms with Crippen molar-refractivity contribution in [2.45, 2.75) is 10.9 Å². The summed E-state index contributed by atoms with van der Waals surface area (Å²) in [4.78, 5) is 12.7. The Morgan fingerprint density at radius 2 is 2.09 bits per heavy atom. The summed E-state index contributed by atoms with van der Waals surface area (Å²) in [5, 5.41) is 4.27. The number of aromatic nitrogens is 3. The number of rotatable bonds is 4. The molecule has 3 rings (SSSR count). The second-order valence-electron chi connectivity index (χ2n) is 4.22. The number of nitrogens with one attached hydrogen (secondary N) is 1. The third-order valence-electron chi connectivity index (χ3n) is 2.79. The summed E-state index contributed by atoms with van der Waals surface area (Å²) in [7, 11) is 1.75. The maximum absolute atomic E-state index is 13.6. The van der Waals surface area contributed by atoms with Crippen LogP contribution in [0.15, 0.2) is 23.4 Å². The minimum Gasteiger partial charge on any atom is -0.365 e. The van der Waals surface area contributed by atoms with Gasteiger partial charge in [0.2, 0.25) is 0 Å². The number of nitrogens with zero attached hydrogens (tertiary/aromatic N) is 3. The number of anilines is 1. The molecule has 0 fully saturated rings. The van der Waals surface area contributed by atoms with Gasteiger partial charge < -0.3 is 5.32 Å². The fourth-order valence-electron chi connectivity index (χ4n) is 1.75. The maximum Gasteiger partial charge on any atom is 0.191 e. The van der Waals surface area contributed by atoms with E-state index in [1.54, 1.807) is 7.05 Å². The van der Waals surface area contributed by atoms with Crippen LogP contribution in [0.25, 0.3) is 10.3 Å². The standard InChI is InChI=1S/C13H9ClF2N4S2/c1-17-12-19-11-9(22-12)10(14)18-13(20-11)21-5-6-3-2-4-7(15)8(6)16/h2-4H,5H2,1H3,(H,17,18,19,20). The number of fused-ring (bicyclic) bond motifs is 1. The SMILES string of the molecule is CNc1nc2nc(SCc3cccc(F)c3F)nc(Cl)c2s1. The highest BCUT2D eigenvalue weighted by Gasteiger charge is 2.13. The number of benzene rings is 1. The van der Waals surface area contributed by atoms with Gasteiger partial charge in [0.25, 0.3) is 0 Å². The maximum atomic E-state index is 13.6. The van der Waals surface area contributed by atoms with Crippen molar-refractivity contribution in [3.8, 4) is 0 Å². The van der Waals surface area contributed by atoms with Crippen LogP contribution in [-0.4, -0.2) is 22.0 Å².